The van der Waals surface area contributed by atoms with Gasteiger partial charge in [-0.15, -0.1) is 0 Å². The second-order valence-electron chi connectivity index (χ2n) is 4.05. The van der Waals surface area contributed by atoms with Crippen molar-refractivity contribution in [3.8, 4) is 0 Å². The highest BCUT2D eigenvalue weighted by Crippen LogP contribution is 2.33. The summed E-state index contributed by atoms with van der Waals surface area (Å²) >= 11 is 0. The largest absolute Gasteiger partial charge is 0.480 e. The molecule has 6 heteroatoms. The molecule has 0 aromatic carbocycles. The second-order valence-corrected chi connectivity index (χ2v) is 4.05. The Labute approximate surface area is 86.0 Å². The van der Waals surface area contributed by atoms with Gasteiger partial charge < -0.3 is 5.11 Å². The zero-order chi connectivity index (χ0) is 11.1. The molecule has 15 heavy (non-hydrogen) atoms. The zero-order valence-corrected chi connectivity index (χ0v) is 8.08. The Morgan fingerprint density at radius 1 is 1.47 bits per heavy atom. The van der Waals surface area contributed by atoms with Crippen molar-refractivity contribution in [1.29, 1.82) is 0 Å². The lowest BCUT2D eigenvalue weighted by Crippen LogP contribution is -2.61. The zero-order valence-electron chi connectivity index (χ0n) is 8.08. The Kier molecular flexibility index (Phi) is 2.22. The molecule has 3 N–H and O–H groups in total. The Bertz CT molecular complexity index is 335. The van der Waals surface area contributed by atoms with Crippen LogP contribution in [-0.4, -0.2) is 34.5 Å². The Hall–Kier alpha value is -1.43. The van der Waals surface area contributed by atoms with Crippen LogP contribution in [0.3, 0.4) is 0 Å². The second kappa shape index (κ2) is 3.30. The molecule has 0 bridgehead atoms. The van der Waals surface area contributed by atoms with Gasteiger partial charge in [0.15, 0.2) is 0 Å². The average Bonchev–Trinajstić information content (AvgIpc) is 2.37. The van der Waals surface area contributed by atoms with Crippen LogP contribution in [-0.2, 0) is 14.4 Å². The van der Waals surface area contributed by atoms with Crippen LogP contribution in [0.15, 0.2) is 0 Å². The van der Waals surface area contributed by atoms with Crippen LogP contribution in [0.25, 0.3) is 0 Å². The first-order valence-electron chi connectivity index (χ1n) is 4.88. The Morgan fingerprint density at radius 2 is 2.13 bits per heavy atom. The van der Waals surface area contributed by atoms with Crippen LogP contribution in [0.2, 0.25) is 0 Å². The van der Waals surface area contributed by atoms with Gasteiger partial charge in [-0.3, -0.25) is 25.0 Å². The molecule has 0 spiro atoms. The van der Waals surface area contributed by atoms with Gasteiger partial charge in [-0.1, -0.05) is 0 Å². The number of imide groups is 1. The number of carboxylic acid groups (broad SMARTS) is 1. The van der Waals surface area contributed by atoms with E-state index in [1.54, 1.807) is 0 Å². The molecule has 0 radical (unpaired) electrons. The molecular weight excluding hydrogens is 200 g/mol. The van der Waals surface area contributed by atoms with Gasteiger partial charge in [0.05, 0.1) is 12.5 Å². The lowest BCUT2D eigenvalue weighted by Gasteiger charge is -2.39. The Balaban J connectivity index is 2.04. The molecule has 1 aliphatic heterocycles. The molecule has 0 aromatic rings. The molecule has 2 aliphatic rings. The van der Waals surface area contributed by atoms with Crippen LogP contribution in [0.4, 0.5) is 0 Å². The van der Waals surface area contributed by atoms with Crippen LogP contribution in [0.5, 0.6) is 0 Å². The van der Waals surface area contributed by atoms with E-state index in [2.05, 4.69) is 10.6 Å². The Morgan fingerprint density at radius 3 is 2.47 bits per heavy atom. The predicted octanol–water partition coefficient (Wildman–Crippen LogP) is -1.00. The number of aliphatic carboxylic acids is 1. The first-order chi connectivity index (χ1) is 7.03. The van der Waals surface area contributed by atoms with Crippen molar-refractivity contribution in [3.05, 3.63) is 0 Å². The maximum Gasteiger partial charge on any atom is 0.323 e. The number of rotatable bonds is 3. The summed E-state index contributed by atoms with van der Waals surface area (Å²) in [4.78, 5) is 33.1. The maximum atomic E-state index is 11.2. The normalized spacial score (nSPS) is 28.4. The van der Waals surface area contributed by atoms with E-state index in [4.69, 9.17) is 5.11 Å². The van der Waals surface area contributed by atoms with Crippen LogP contribution >= 0.6 is 0 Å². The van der Waals surface area contributed by atoms with Crippen molar-refractivity contribution in [2.45, 2.75) is 37.3 Å². The fourth-order valence-corrected chi connectivity index (χ4v) is 1.95. The average molecular weight is 212 g/mol. The quantitative estimate of drug-likeness (QED) is 0.521. The third-order valence-electron chi connectivity index (χ3n) is 3.04. The smallest absolute Gasteiger partial charge is 0.323 e. The minimum absolute atomic E-state index is 0.0356. The molecule has 2 amide bonds. The molecule has 1 unspecified atom stereocenters. The van der Waals surface area contributed by atoms with E-state index in [9.17, 15) is 14.4 Å². The van der Waals surface area contributed by atoms with Crippen molar-refractivity contribution >= 4 is 17.8 Å². The van der Waals surface area contributed by atoms with E-state index in [1.807, 2.05) is 0 Å². The third kappa shape index (κ3) is 1.61. The number of carbonyl (C=O) groups is 3. The summed E-state index contributed by atoms with van der Waals surface area (Å²) in [6.07, 6.45) is 1.90. The molecule has 6 nitrogen and oxygen atoms in total. The molecular formula is C9H12N2O4. The minimum Gasteiger partial charge on any atom is -0.480 e. The summed E-state index contributed by atoms with van der Waals surface area (Å²) < 4.78 is 0. The fraction of sp³-hybridized carbons (Fsp3) is 0.667. The molecule has 82 valence electrons. The van der Waals surface area contributed by atoms with E-state index >= 15 is 0 Å². The lowest BCUT2D eigenvalue weighted by atomic mass is 9.76. The standard InChI is InChI=1S/C9H12N2O4/c12-6-4-5(7(13)10-6)11-9(8(14)15)2-1-3-9/h5,11H,1-4H2,(H,14,15)(H,10,12,13). The van der Waals surface area contributed by atoms with Gasteiger partial charge in [0.1, 0.15) is 5.54 Å². The molecule has 1 atom stereocenters. The SMILES string of the molecule is O=C1CC(NC2(C(=O)O)CCC2)C(=O)N1. The van der Waals surface area contributed by atoms with Gasteiger partial charge in [0.2, 0.25) is 11.8 Å². The molecule has 0 aromatic heterocycles. The van der Waals surface area contributed by atoms with Crippen molar-refractivity contribution in [2.24, 2.45) is 0 Å². The molecule has 1 saturated carbocycles. The van der Waals surface area contributed by atoms with Gasteiger partial charge in [0.25, 0.3) is 0 Å². The summed E-state index contributed by atoms with van der Waals surface area (Å²) in [5.74, 6) is -1.72. The molecule has 1 saturated heterocycles. The van der Waals surface area contributed by atoms with Gasteiger partial charge in [-0.05, 0) is 19.3 Å². The van der Waals surface area contributed by atoms with E-state index in [1.165, 1.54) is 0 Å². The number of amides is 2. The third-order valence-corrected chi connectivity index (χ3v) is 3.04. The molecule has 1 aliphatic carbocycles. The van der Waals surface area contributed by atoms with Gasteiger partial charge >= 0.3 is 5.97 Å². The summed E-state index contributed by atoms with van der Waals surface area (Å²) in [5, 5.41) is 13.9. The van der Waals surface area contributed by atoms with Crippen LogP contribution < -0.4 is 10.6 Å². The number of carbonyl (C=O) groups excluding carboxylic acids is 2. The van der Waals surface area contributed by atoms with Crippen molar-refractivity contribution in [2.75, 3.05) is 0 Å². The van der Waals surface area contributed by atoms with E-state index in [0.717, 1.165) is 6.42 Å². The van der Waals surface area contributed by atoms with Crippen LogP contribution in [0, 0.1) is 0 Å². The molecule has 1 heterocycles. The lowest BCUT2D eigenvalue weighted by molar-refractivity contribution is -0.149. The summed E-state index contributed by atoms with van der Waals surface area (Å²) in [5.41, 5.74) is -0.993. The topological polar surface area (TPSA) is 95.5 Å². The fourth-order valence-electron chi connectivity index (χ4n) is 1.95. The number of hydrogen-bond acceptors (Lipinski definition) is 4. The number of nitrogens with one attached hydrogen (secondary N) is 2. The van der Waals surface area contributed by atoms with Crippen LogP contribution in [0.1, 0.15) is 25.7 Å². The van der Waals surface area contributed by atoms with Crippen molar-refractivity contribution in [1.82, 2.24) is 10.6 Å². The van der Waals surface area contributed by atoms with Crippen molar-refractivity contribution < 1.29 is 19.5 Å². The van der Waals surface area contributed by atoms with E-state index in [0.29, 0.717) is 12.8 Å². The highest BCUT2D eigenvalue weighted by Gasteiger charge is 2.48. The minimum atomic E-state index is -0.993. The summed E-state index contributed by atoms with van der Waals surface area (Å²) in [7, 11) is 0. The van der Waals surface area contributed by atoms with E-state index in [-0.39, 0.29) is 12.3 Å². The van der Waals surface area contributed by atoms with E-state index < -0.39 is 23.5 Å². The highest BCUT2D eigenvalue weighted by molar-refractivity contribution is 6.05. The van der Waals surface area contributed by atoms with Gasteiger partial charge in [0, 0.05) is 0 Å². The first-order valence-corrected chi connectivity index (χ1v) is 4.88. The van der Waals surface area contributed by atoms with Crippen molar-refractivity contribution in [3.63, 3.8) is 0 Å². The summed E-state index contributed by atoms with van der Waals surface area (Å²) in [6, 6.07) is -0.686. The maximum absolute atomic E-state index is 11.2. The van der Waals surface area contributed by atoms with Gasteiger partial charge in [-0.2, -0.15) is 0 Å². The molecule has 2 rings (SSSR count). The predicted molar refractivity (Wildman–Crippen MR) is 48.9 cm³/mol. The first kappa shape index (κ1) is 10.1. The monoisotopic (exact) mass is 212 g/mol. The summed E-state index contributed by atoms with van der Waals surface area (Å²) in [6.45, 7) is 0. The highest BCUT2D eigenvalue weighted by atomic mass is 16.4. The van der Waals surface area contributed by atoms with Gasteiger partial charge in [-0.25, -0.2) is 0 Å². The molecule has 2 fully saturated rings. The number of carboxylic acids is 1. The number of hydrogen-bond donors (Lipinski definition) is 3.